The third-order valence-corrected chi connectivity index (χ3v) is 6.41. The van der Waals surface area contributed by atoms with Crippen molar-refractivity contribution in [2.24, 2.45) is 5.92 Å². The predicted octanol–water partition coefficient (Wildman–Crippen LogP) is -0.431. The molecule has 0 bridgehead atoms. The van der Waals surface area contributed by atoms with E-state index in [1.54, 1.807) is 18.9 Å². The number of carbonyl (C=O) groups excluding carboxylic acids is 1. The number of amides is 2. The first kappa shape index (κ1) is 19.1. The lowest BCUT2D eigenvalue weighted by Crippen LogP contribution is -2.56. The number of sulfonamides is 1. The molecule has 1 N–H and O–H groups in total. The van der Waals surface area contributed by atoms with E-state index in [4.69, 9.17) is 9.26 Å². The molecular formula is C15H25N5O5S. The fourth-order valence-electron chi connectivity index (χ4n) is 3.83. The summed E-state index contributed by atoms with van der Waals surface area (Å²) in [4.78, 5) is 18.6. The van der Waals surface area contributed by atoms with E-state index in [2.05, 4.69) is 15.5 Å². The lowest BCUT2D eigenvalue weighted by molar-refractivity contribution is 0.121. The van der Waals surface area contributed by atoms with Gasteiger partial charge in [-0.2, -0.15) is 4.98 Å². The maximum atomic E-state index is 12.5. The Labute approximate surface area is 152 Å². The highest BCUT2D eigenvalue weighted by Crippen LogP contribution is 2.44. The second-order valence-electron chi connectivity index (χ2n) is 6.98. The fourth-order valence-corrected chi connectivity index (χ4v) is 4.75. The van der Waals surface area contributed by atoms with Crippen molar-refractivity contribution in [1.82, 2.24) is 24.7 Å². The first-order valence-electron chi connectivity index (χ1n) is 8.54. The largest absolute Gasteiger partial charge is 0.383 e. The van der Waals surface area contributed by atoms with E-state index in [9.17, 15) is 13.2 Å². The number of aromatic nitrogens is 2. The molecule has 0 unspecified atom stereocenters. The molecule has 2 fully saturated rings. The summed E-state index contributed by atoms with van der Waals surface area (Å²) in [7, 11) is -1.77. The van der Waals surface area contributed by atoms with Crippen LogP contribution in [0.5, 0.6) is 0 Å². The summed E-state index contributed by atoms with van der Waals surface area (Å²) in [5.41, 5.74) is -0.655. The normalized spacial score (nSPS) is 26.7. The molecule has 3 heterocycles. The maximum absolute atomic E-state index is 12.5. The molecule has 2 aliphatic rings. The van der Waals surface area contributed by atoms with Crippen molar-refractivity contribution >= 4 is 16.1 Å². The Balaban J connectivity index is 1.86. The quantitative estimate of drug-likeness (QED) is 0.681. The number of urea groups is 1. The zero-order valence-electron chi connectivity index (χ0n) is 15.3. The average Bonchev–Trinajstić information content (AvgIpc) is 3.18. The Morgan fingerprint density at radius 1 is 1.46 bits per heavy atom. The van der Waals surface area contributed by atoms with Crippen molar-refractivity contribution in [1.29, 1.82) is 0 Å². The molecular weight excluding hydrogens is 362 g/mol. The summed E-state index contributed by atoms with van der Waals surface area (Å²) in [5, 5.41) is 6.89. The third-order valence-electron chi connectivity index (χ3n) is 5.20. The van der Waals surface area contributed by atoms with Crippen molar-refractivity contribution in [3.8, 4) is 0 Å². The van der Waals surface area contributed by atoms with Crippen molar-refractivity contribution in [2.45, 2.75) is 18.8 Å². The van der Waals surface area contributed by atoms with Gasteiger partial charge in [0.25, 0.3) is 0 Å². The Morgan fingerprint density at radius 3 is 2.85 bits per heavy atom. The molecule has 146 valence electrons. The second-order valence-corrected chi connectivity index (χ2v) is 8.96. The number of likely N-dealkylation sites (tertiary alicyclic amines) is 1. The van der Waals surface area contributed by atoms with Gasteiger partial charge in [-0.05, 0) is 12.3 Å². The highest BCUT2D eigenvalue weighted by Gasteiger charge is 2.56. The number of ether oxygens (including phenoxy) is 1. The fraction of sp³-hybridized carbons (Fsp3) is 0.800. The van der Waals surface area contributed by atoms with Gasteiger partial charge in [-0.1, -0.05) is 5.16 Å². The molecule has 1 aromatic rings. The SMILES string of the molecule is COCCNC(=O)N1CC[C@H]2CN(S(C)(=O)=O)C[C@@]2(c2noc(C)n2)C1. The van der Waals surface area contributed by atoms with Gasteiger partial charge in [-0.3, -0.25) is 0 Å². The minimum atomic E-state index is -3.34. The summed E-state index contributed by atoms with van der Waals surface area (Å²) in [6, 6.07) is -0.196. The molecule has 2 atom stereocenters. The zero-order valence-corrected chi connectivity index (χ0v) is 16.1. The number of fused-ring (bicyclic) bond motifs is 1. The Kier molecular flexibility index (Phi) is 5.22. The van der Waals surface area contributed by atoms with Crippen LogP contribution in [0, 0.1) is 12.8 Å². The predicted molar refractivity (Wildman–Crippen MR) is 92.1 cm³/mol. The van der Waals surface area contributed by atoms with E-state index in [-0.39, 0.29) is 18.5 Å². The summed E-state index contributed by atoms with van der Waals surface area (Å²) in [5.74, 6) is 0.936. The molecule has 0 aliphatic carbocycles. The molecule has 2 saturated heterocycles. The van der Waals surface area contributed by atoms with Crippen LogP contribution in [-0.2, 0) is 20.2 Å². The standard InChI is InChI=1S/C15H25N5O5S/c1-11-17-13(18-25-11)15-9-19(14(21)16-5-7-24-2)6-4-12(15)8-20(10-15)26(3,22)23/h12H,4-10H2,1-3H3,(H,16,21)/t12-,15-/m0/s1. The van der Waals surface area contributed by atoms with Crippen LogP contribution in [0.25, 0.3) is 0 Å². The van der Waals surface area contributed by atoms with Crippen LogP contribution in [0.15, 0.2) is 4.52 Å². The summed E-state index contributed by atoms with van der Waals surface area (Å²) < 4.78 is 35.8. The minimum Gasteiger partial charge on any atom is -0.383 e. The number of methoxy groups -OCH3 is 1. The number of carbonyl (C=O) groups is 1. The number of rotatable bonds is 5. The van der Waals surface area contributed by atoms with Gasteiger partial charge in [0.2, 0.25) is 15.9 Å². The monoisotopic (exact) mass is 387 g/mol. The Hall–Kier alpha value is -1.72. The molecule has 3 rings (SSSR count). The first-order chi connectivity index (χ1) is 12.3. The Morgan fingerprint density at radius 2 is 2.23 bits per heavy atom. The van der Waals surface area contributed by atoms with E-state index in [1.807, 2.05) is 0 Å². The number of aryl methyl sites for hydroxylation is 1. The number of hydrogen-bond donors (Lipinski definition) is 1. The van der Waals surface area contributed by atoms with Crippen LogP contribution in [-0.4, -0.2) is 86.5 Å². The van der Waals surface area contributed by atoms with Crippen molar-refractivity contribution < 1.29 is 22.5 Å². The average molecular weight is 387 g/mol. The van der Waals surface area contributed by atoms with Crippen LogP contribution in [0.4, 0.5) is 4.79 Å². The van der Waals surface area contributed by atoms with Crippen LogP contribution >= 0.6 is 0 Å². The van der Waals surface area contributed by atoms with Gasteiger partial charge in [-0.15, -0.1) is 0 Å². The summed E-state index contributed by atoms with van der Waals surface area (Å²) in [6.45, 7) is 4.10. The molecule has 0 spiro atoms. The molecule has 26 heavy (non-hydrogen) atoms. The zero-order chi connectivity index (χ0) is 18.9. The summed E-state index contributed by atoms with van der Waals surface area (Å²) >= 11 is 0. The van der Waals surface area contributed by atoms with Crippen LogP contribution in [0.3, 0.4) is 0 Å². The summed E-state index contributed by atoms with van der Waals surface area (Å²) in [6.07, 6.45) is 1.88. The third kappa shape index (κ3) is 3.55. The topological polar surface area (TPSA) is 118 Å². The van der Waals surface area contributed by atoms with Gasteiger partial charge >= 0.3 is 6.03 Å². The number of nitrogens with one attached hydrogen (secondary N) is 1. The van der Waals surface area contributed by atoms with Gasteiger partial charge in [0, 0.05) is 46.8 Å². The van der Waals surface area contributed by atoms with Crippen LogP contribution in [0.2, 0.25) is 0 Å². The van der Waals surface area contributed by atoms with E-state index in [0.29, 0.717) is 50.9 Å². The second kappa shape index (κ2) is 7.12. The van der Waals surface area contributed by atoms with Gasteiger partial charge in [-0.25, -0.2) is 17.5 Å². The van der Waals surface area contributed by atoms with E-state index < -0.39 is 15.4 Å². The molecule has 2 amide bonds. The number of nitrogens with zero attached hydrogens (tertiary/aromatic N) is 4. The van der Waals surface area contributed by atoms with E-state index in [0.717, 1.165) is 0 Å². The van der Waals surface area contributed by atoms with Gasteiger partial charge in [0.05, 0.1) is 18.3 Å². The minimum absolute atomic E-state index is 0.0391. The van der Waals surface area contributed by atoms with Crippen molar-refractivity contribution in [3.05, 3.63) is 11.7 Å². The van der Waals surface area contributed by atoms with Crippen LogP contribution in [0.1, 0.15) is 18.1 Å². The van der Waals surface area contributed by atoms with E-state index >= 15 is 0 Å². The highest BCUT2D eigenvalue weighted by atomic mass is 32.2. The smallest absolute Gasteiger partial charge is 0.317 e. The molecule has 0 aromatic carbocycles. The molecule has 10 nitrogen and oxygen atoms in total. The lowest BCUT2D eigenvalue weighted by atomic mass is 9.72. The Bertz CT molecular complexity index is 766. The molecule has 1 aromatic heterocycles. The van der Waals surface area contributed by atoms with Gasteiger partial charge < -0.3 is 19.5 Å². The number of piperidine rings is 1. The van der Waals surface area contributed by atoms with Crippen LogP contribution < -0.4 is 5.32 Å². The molecule has 0 radical (unpaired) electrons. The van der Waals surface area contributed by atoms with Crippen molar-refractivity contribution in [2.75, 3.05) is 52.7 Å². The number of hydrogen-bond acceptors (Lipinski definition) is 7. The molecule has 2 aliphatic heterocycles. The van der Waals surface area contributed by atoms with Gasteiger partial charge in [0.15, 0.2) is 5.82 Å². The lowest BCUT2D eigenvalue weighted by Gasteiger charge is -2.42. The molecule has 0 saturated carbocycles. The molecule has 11 heteroatoms. The highest BCUT2D eigenvalue weighted by molar-refractivity contribution is 7.88. The maximum Gasteiger partial charge on any atom is 0.317 e. The van der Waals surface area contributed by atoms with Crippen molar-refractivity contribution in [3.63, 3.8) is 0 Å². The van der Waals surface area contributed by atoms with Gasteiger partial charge in [0.1, 0.15) is 0 Å². The first-order valence-corrected chi connectivity index (χ1v) is 10.4. The van der Waals surface area contributed by atoms with E-state index in [1.165, 1.54) is 10.6 Å².